The Balaban J connectivity index is 2.40. The van der Waals surface area contributed by atoms with Crippen LogP contribution in [0.3, 0.4) is 0 Å². The highest BCUT2D eigenvalue weighted by Crippen LogP contribution is 2.09. The van der Waals surface area contributed by atoms with Gasteiger partial charge in [0.25, 0.3) is 0 Å². The van der Waals surface area contributed by atoms with Crippen molar-refractivity contribution in [3.05, 3.63) is 0 Å². The van der Waals surface area contributed by atoms with Crippen LogP contribution in [0.1, 0.15) is 19.8 Å². The van der Waals surface area contributed by atoms with Gasteiger partial charge in [-0.25, -0.2) is 0 Å². The predicted molar refractivity (Wildman–Crippen MR) is 52.5 cm³/mol. The Morgan fingerprint density at radius 1 is 1.71 bits per heavy atom. The molecule has 14 heavy (non-hydrogen) atoms. The normalized spacial score (nSPS) is 24.6. The summed E-state index contributed by atoms with van der Waals surface area (Å²) in [5.41, 5.74) is 5.42. The molecule has 1 fully saturated rings. The van der Waals surface area contributed by atoms with Gasteiger partial charge < -0.3 is 16.0 Å². The van der Waals surface area contributed by atoms with Crippen LogP contribution in [0.5, 0.6) is 0 Å². The van der Waals surface area contributed by atoms with Gasteiger partial charge >= 0.3 is 0 Å². The van der Waals surface area contributed by atoms with E-state index < -0.39 is 6.04 Å². The number of hydrogen-bond acceptors (Lipinski definition) is 3. The summed E-state index contributed by atoms with van der Waals surface area (Å²) in [6.45, 7) is 2.23. The minimum atomic E-state index is -0.488. The number of likely N-dealkylation sites (N-methyl/N-ethyl adjacent to an activating group) is 1. The minimum Gasteiger partial charge on any atom is -0.350 e. The maximum absolute atomic E-state index is 11.3. The molecule has 1 heterocycles. The van der Waals surface area contributed by atoms with Crippen LogP contribution in [-0.4, -0.2) is 42.4 Å². The van der Waals surface area contributed by atoms with Crippen molar-refractivity contribution in [1.82, 2.24) is 10.2 Å². The summed E-state index contributed by atoms with van der Waals surface area (Å²) in [6.07, 6.45) is 1.21. The van der Waals surface area contributed by atoms with E-state index >= 15 is 0 Å². The summed E-state index contributed by atoms with van der Waals surface area (Å²) < 4.78 is 0. The molecule has 2 amide bonds. The number of rotatable bonds is 2. The molecule has 0 aromatic carbocycles. The van der Waals surface area contributed by atoms with Crippen molar-refractivity contribution in [3.63, 3.8) is 0 Å². The average Bonchev–Trinajstić information content (AvgIpc) is 2.11. The van der Waals surface area contributed by atoms with E-state index in [1.165, 1.54) is 0 Å². The van der Waals surface area contributed by atoms with E-state index in [1.807, 2.05) is 0 Å². The molecule has 2 unspecified atom stereocenters. The lowest BCUT2D eigenvalue weighted by atomic mass is 10.1. The van der Waals surface area contributed by atoms with Crippen LogP contribution in [0.15, 0.2) is 0 Å². The number of carbonyl (C=O) groups is 2. The highest BCUT2D eigenvalue weighted by molar-refractivity contribution is 5.82. The van der Waals surface area contributed by atoms with Crippen molar-refractivity contribution in [2.45, 2.75) is 31.8 Å². The third-order valence-electron chi connectivity index (χ3n) is 2.39. The van der Waals surface area contributed by atoms with Gasteiger partial charge in [0.1, 0.15) is 0 Å². The Kier molecular flexibility index (Phi) is 3.46. The molecule has 0 radical (unpaired) electrons. The molecule has 0 aromatic heterocycles. The van der Waals surface area contributed by atoms with Crippen LogP contribution in [0.2, 0.25) is 0 Å². The molecule has 1 saturated heterocycles. The number of piperidine rings is 1. The standard InChI is InChI=1S/C9H17N3O2/c1-6(10)9(14)11-7-3-4-8(13)12(2)5-7/h6-7H,3-5,10H2,1-2H3,(H,11,14). The van der Waals surface area contributed by atoms with Crippen LogP contribution in [0.25, 0.3) is 0 Å². The molecule has 0 aliphatic carbocycles. The van der Waals surface area contributed by atoms with Gasteiger partial charge in [-0.05, 0) is 13.3 Å². The van der Waals surface area contributed by atoms with Gasteiger partial charge in [-0.15, -0.1) is 0 Å². The summed E-state index contributed by atoms with van der Waals surface area (Å²) in [5.74, 6) is -0.0194. The first-order valence-corrected chi connectivity index (χ1v) is 4.80. The fraction of sp³-hybridized carbons (Fsp3) is 0.778. The molecule has 5 nitrogen and oxygen atoms in total. The van der Waals surface area contributed by atoms with E-state index in [-0.39, 0.29) is 17.9 Å². The molecule has 1 aliphatic rings. The maximum atomic E-state index is 11.3. The zero-order valence-electron chi connectivity index (χ0n) is 8.62. The number of nitrogens with two attached hydrogens (primary N) is 1. The van der Waals surface area contributed by atoms with Gasteiger partial charge in [0, 0.05) is 26.1 Å². The Hall–Kier alpha value is -1.10. The van der Waals surface area contributed by atoms with E-state index in [0.29, 0.717) is 19.4 Å². The number of hydrogen-bond donors (Lipinski definition) is 2. The summed E-state index contributed by atoms with van der Waals surface area (Å²) >= 11 is 0. The van der Waals surface area contributed by atoms with E-state index in [1.54, 1.807) is 18.9 Å². The molecular formula is C9H17N3O2. The van der Waals surface area contributed by atoms with E-state index in [4.69, 9.17) is 5.73 Å². The monoisotopic (exact) mass is 199 g/mol. The molecular weight excluding hydrogens is 182 g/mol. The summed E-state index contributed by atoms with van der Waals surface area (Å²) in [7, 11) is 1.74. The van der Waals surface area contributed by atoms with Gasteiger partial charge in [-0.2, -0.15) is 0 Å². The first kappa shape index (κ1) is 11.0. The smallest absolute Gasteiger partial charge is 0.236 e. The van der Waals surface area contributed by atoms with E-state index in [0.717, 1.165) is 0 Å². The molecule has 0 aromatic rings. The molecule has 1 rings (SSSR count). The number of amides is 2. The van der Waals surface area contributed by atoms with Gasteiger partial charge in [0.2, 0.25) is 11.8 Å². The van der Waals surface area contributed by atoms with E-state index in [9.17, 15) is 9.59 Å². The van der Waals surface area contributed by atoms with Gasteiger partial charge in [-0.1, -0.05) is 0 Å². The van der Waals surface area contributed by atoms with E-state index in [2.05, 4.69) is 5.32 Å². The highest BCUT2D eigenvalue weighted by atomic mass is 16.2. The Morgan fingerprint density at radius 3 is 2.86 bits per heavy atom. The van der Waals surface area contributed by atoms with Crippen molar-refractivity contribution < 1.29 is 9.59 Å². The second-order valence-electron chi connectivity index (χ2n) is 3.81. The zero-order chi connectivity index (χ0) is 10.7. The lowest BCUT2D eigenvalue weighted by molar-refractivity contribution is -0.134. The quantitative estimate of drug-likeness (QED) is 0.603. The minimum absolute atomic E-state index is 0.0520. The molecule has 0 bridgehead atoms. The average molecular weight is 199 g/mol. The number of likely N-dealkylation sites (tertiary alicyclic amines) is 1. The fourth-order valence-electron chi connectivity index (χ4n) is 1.46. The third-order valence-corrected chi connectivity index (χ3v) is 2.39. The first-order chi connectivity index (χ1) is 6.50. The Labute approximate surface area is 83.6 Å². The van der Waals surface area contributed by atoms with Crippen LogP contribution in [0.4, 0.5) is 0 Å². The van der Waals surface area contributed by atoms with Gasteiger partial charge in [-0.3, -0.25) is 9.59 Å². The second kappa shape index (κ2) is 4.41. The van der Waals surface area contributed by atoms with Crippen LogP contribution in [0, 0.1) is 0 Å². The molecule has 0 saturated carbocycles. The predicted octanol–water partition coefficient (Wildman–Crippen LogP) is -0.929. The molecule has 5 heteroatoms. The van der Waals surface area contributed by atoms with Crippen molar-refractivity contribution in [2.75, 3.05) is 13.6 Å². The molecule has 1 aliphatic heterocycles. The molecule has 3 N–H and O–H groups in total. The second-order valence-corrected chi connectivity index (χ2v) is 3.81. The number of nitrogens with one attached hydrogen (secondary N) is 1. The number of nitrogens with zero attached hydrogens (tertiary/aromatic N) is 1. The van der Waals surface area contributed by atoms with Crippen molar-refractivity contribution in [2.24, 2.45) is 5.73 Å². The van der Waals surface area contributed by atoms with Gasteiger partial charge in [0.05, 0.1) is 6.04 Å². The van der Waals surface area contributed by atoms with Crippen molar-refractivity contribution in [1.29, 1.82) is 0 Å². The third kappa shape index (κ3) is 2.70. The summed E-state index contributed by atoms with van der Waals surface area (Å²) in [4.78, 5) is 24.0. The summed E-state index contributed by atoms with van der Waals surface area (Å²) in [6, 6.07) is -0.436. The van der Waals surface area contributed by atoms with Crippen LogP contribution >= 0.6 is 0 Å². The van der Waals surface area contributed by atoms with Gasteiger partial charge in [0.15, 0.2) is 0 Å². The van der Waals surface area contributed by atoms with Crippen molar-refractivity contribution in [3.8, 4) is 0 Å². The molecule has 2 atom stereocenters. The maximum Gasteiger partial charge on any atom is 0.236 e. The lowest BCUT2D eigenvalue weighted by Gasteiger charge is -2.30. The lowest BCUT2D eigenvalue weighted by Crippen LogP contribution is -2.51. The zero-order valence-corrected chi connectivity index (χ0v) is 8.62. The van der Waals surface area contributed by atoms with Crippen molar-refractivity contribution >= 4 is 11.8 Å². The topological polar surface area (TPSA) is 75.4 Å². The first-order valence-electron chi connectivity index (χ1n) is 4.80. The Bertz CT molecular complexity index is 240. The molecule has 0 spiro atoms. The largest absolute Gasteiger partial charge is 0.350 e. The van der Waals surface area contributed by atoms with Crippen LogP contribution < -0.4 is 11.1 Å². The van der Waals surface area contributed by atoms with Crippen LogP contribution in [-0.2, 0) is 9.59 Å². The molecule has 80 valence electrons. The highest BCUT2D eigenvalue weighted by Gasteiger charge is 2.24. The summed E-state index contributed by atoms with van der Waals surface area (Å²) in [5, 5.41) is 2.81. The fourth-order valence-corrected chi connectivity index (χ4v) is 1.46. The number of carbonyl (C=O) groups excluding carboxylic acids is 2. The Morgan fingerprint density at radius 2 is 2.36 bits per heavy atom. The SMILES string of the molecule is CC(N)C(=O)NC1CCC(=O)N(C)C1.